The second-order valence-corrected chi connectivity index (χ2v) is 14.1. The van der Waals surface area contributed by atoms with Crippen LogP contribution in [0.25, 0.3) is 0 Å². The van der Waals surface area contributed by atoms with E-state index in [4.69, 9.17) is 24.7 Å². The highest BCUT2D eigenvalue weighted by Crippen LogP contribution is 2.26. The molecule has 6 N–H and O–H groups in total. The van der Waals surface area contributed by atoms with Gasteiger partial charge >= 0.3 is 6.03 Å². The summed E-state index contributed by atoms with van der Waals surface area (Å²) in [6, 6.07) is 2.92. The van der Waals surface area contributed by atoms with Crippen molar-refractivity contribution in [3.8, 4) is 5.75 Å². The van der Waals surface area contributed by atoms with Gasteiger partial charge in [0, 0.05) is 81.3 Å². The number of anilines is 1. The number of ether oxygens (including phenoxy) is 4. The summed E-state index contributed by atoms with van der Waals surface area (Å²) in [7, 11) is 1.56. The van der Waals surface area contributed by atoms with Gasteiger partial charge in [-0.3, -0.25) is 38.5 Å². The molecule has 2 rings (SSSR count). The standard InChI is InChI=1S/C40H59N5O13/c1-27(2)38(44-35(50)26-57-21-20-56-19-18-55-3)33(49)22-28(8-7-16-42-40(41)54)39(53)43-30-12-11-29(24-46)34(23-30)58-25-32(48)10-6-4-5-9-31(47)15-17-45-36(51)13-14-37(45)52/h11-14,23,27-28,38,46H,4-10,15-22,24-26H2,1-3H3,(H,43,53)(H,44,50)(H3,41,42,54)/t28-,38+/m1/s1. The number of primary amides is 1. The highest BCUT2D eigenvalue weighted by molar-refractivity contribution is 6.13. The minimum absolute atomic E-state index is 0.0426. The van der Waals surface area contributed by atoms with E-state index in [9.17, 15) is 43.5 Å². The Morgan fingerprint density at radius 3 is 2.17 bits per heavy atom. The van der Waals surface area contributed by atoms with Gasteiger partial charge in [-0.15, -0.1) is 0 Å². The van der Waals surface area contributed by atoms with Gasteiger partial charge in [-0.2, -0.15) is 0 Å². The molecule has 1 heterocycles. The summed E-state index contributed by atoms with van der Waals surface area (Å²) in [4.78, 5) is 100. The molecule has 1 aromatic rings. The Morgan fingerprint density at radius 1 is 0.845 bits per heavy atom. The molecule has 0 saturated heterocycles. The number of aliphatic hydroxyl groups is 1. The van der Waals surface area contributed by atoms with Gasteiger partial charge < -0.3 is 45.7 Å². The third-order valence-corrected chi connectivity index (χ3v) is 9.03. The second kappa shape index (κ2) is 27.6. The summed E-state index contributed by atoms with van der Waals surface area (Å²) in [6.07, 6.45) is 4.85. The molecule has 0 spiro atoms. The van der Waals surface area contributed by atoms with Crippen LogP contribution in [0.4, 0.5) is 10.5 Å². The van der Waals surface area contributed by atoms with Gasteiger partial charge in [-0.1, -0.05) is 26.3 Å². The number of Topliss-reactive ketones (excluding diaryl/α,β-unsaturated/α-hetero) is 3. The SMILES string of the molecule is COCCOCCOCC(=O)N[C@H](C(=O)C[C@@H](CCCNC(N)=O)C(=O)Nc1ccc(CO)c(OCC(=O)CCCCCC(=O)CCN2C(=O)C=CC2=O)c1)C(C)C. The molecule has 0 aliphatic carbocycles. The number of unbranched alkanes of at least 4 members (excludes halogenated alkanes) is 2. The first-order chi connectivity index (χ1) is 27.7. The second-order valence-electron chi connectivity index (χ2n) is 14.1. The highest BCUT2D eigenvalue weighted by atomic mass is 16.5. The lowest BCUT2D eigenvalue weighted by molar-refractivity contribution is -0.137. The quantitative estimate of drug-likeness (QED) is 0.0514. The molecule has 0 unspecified atom stereocenters. The lowest BCUT2D eigenvalue weighted by Gasteiger charge is -2.24. The number of rotatable bonds is 32. The predicted octanol–water partition coefficient (Wildman–Crippen LogP) is 1.74. The van der Waals surface area contributed by atoms with E-state index in [1.54, 1.807) is 27.0 Å². The van der Waals surface area contributed by atoms with Crippen molar-refractivity contribution in [1.29, 1.82) is 0 Å². The predicted molar refractivity (Wildman–Crippen MR) is 210 cm³/mol. The number of nitrogens with zero attached hydrogens (tertiary/aromatic N) is 1. The van der Waals surface area contributed by atoms with Crippen molar-refractivity contribution in [2.75, 3.05) is 65.2 Å². The number of ketones is 3. The maximum Gasteiger partial charge on any atom is 0.312 e. The monoisotopic (exact) mass is 817 g/mol. The molecule has 322 valence electrons. The van der Waals surface area contributed by atoms with Gasteiger partial charge in [0.2, 0.25) is 11.8 Å². The summed E-state index contributed by atoms with van der Waals surface area (Å²) >= 11 is 0. The third kappa shape index (κ3) is 19.4. The van der Waals surface area contributed by atoms with E-state index in [2.05, 4.69) is 16.0 Å². The average molecular weight is 818 g/mol. The molecule has 1 aromatic carbocycles. The van der Waals surface area contributed by atoms with E-state index >= 15 is 0 Å². The van der Waals surface area contributed by atoms with Crippen LogP contribution in [0.2, 0.25) is 0 Å². The first-order valence-electron chi connectivity index (χ1n) is 19.5. The normalized spacial score (nSPS) is 13.4. The number of aliphatic hydroxyl groups excluding tert-OH is 1. The molecule has 0 bridgehead atoms. The van der Waals surface area contributed by atoms with Crippen LogP contribution in [0.3, 0.4) is 0 Å². The Balaban J connectivity index is 1.93. The number of amides is 6. The van der Waals surface area contributed by atoms with Gasteiger partial charge in [0.1, 0.15) is 24.7 Å². The van der Waals surface area contributed by atoms with E-state index in [0.717, 1.165) is 4.90 Å². The molecule has 1 aliphatic rings. The van der Waals surface area contributed by atoms with E-state index < -0.39 is 48.2 Å². The van der Waals surface area contributed by atoms with Gasteiger partial charge in [-0.25, -0.2) is 4.79 Å². The number of nitrogens with one attached hydrogen (secondary N) is 3. The van der Waals surface area contributed by atoms with Crippen LogP contribution < -0.4 is 26.4 Å². The van der Waals surface area contributed by atoms with Crippen molar-refractivity contribution >= 4 is 52.7 Å². The Hall–Kier alpha value is -5.04. The molecule has 1 aliphatic heterocycles. The van der Waals surface area contributed by atoms with Crippen molar-refractivity contribution in [2.24, 2.45) is 17.6 Å². The smallest absolute Gasteiger partial charge is 0.312 e. The third-order valence-electron chi connectivity index (χ3n) is 9.03. The summed E-state index contributed by atoms with van der Waals surface area (Å²) in [5.41, 5.74) is 5.84. The summed E-state index contributed by atoms with van der Waals surface area (Å²) in [6.45, 7) is 4.02. The lowest BCUT2D eigenvalue weighted by atomic mass is 9.89. The minimum Gasteiger partial charge on any atom is -0.485 e. The number of imide groups is 1. The van der Waals surface area contributed by atoms with Crippen molar-refractivity contribution in [3.63, 3.8) is 0 Å². The largest absolute Gasteiger partial charge is 0.485 e. The van der Waals surface area contributed by atoms with Gasteiger partial charge in [-0.05, 0) is 37.7 Å². The zero-order valence-corrected chi connectivity index (χ0v) is 33.7. The molecule has 58 heavy (non-hydrogen) atoms. The maximum absolute atomic E-state index is 13.6. The van der Waals surface area contributed by atoms with Crippen molar-refractivity contribution < 1.29 is 62.4 Å². The topological polar surface area (TPSA) is 259 Å². The van der Waals surface area contributed by atoms with Gasteiger partial charge in [0.05, 0.1) is 39.1 Å². The van der Waals surface area contributed by atoms with Crippen LogP contribution in [0.15, 0.2) is 30.4 Å². The molecule has 0 saturated carbocycles. The zero-order chi connectivity index (χ0) is 42.9. The van der Waals surface area contributed by atoms with Crippen LogP contribution >= 0.6 is 0 Å². The maximum atomic E-state index is 13.6. The Morgan fingerprint density at radius 2 is 1.52 bits per heavy atom. The van der Waals surface area contributed by atoms with Crippen LogP contribution in [0.5, 0.6) is 5.75 Å². The zero-order valence-electron chi connectivity index (χ0n) is 33.7. The number of benzene rings is 1. The number of carbonyl (C=O) groups is 8. The lowest BCUT2D eigenvalue weighted by Crippen LogP contribution is -2.47. The van der Waals surface area contributed by atoms with Gasteiger partial charge in [0.25, 0.3) is 11.8 Å². The first-order valence-corrected chi connectivity index (χ1v) is 19.5. The molecular formula is C40H59N5O13. The Kier molecular flexibility index (Phi) is 23.3. The Labute approximate surface area is 338 Å². The number of hydrogen-bond acceptors (Lipinski definition) is 13. The fourth-order valence-electron chi connectivity index (χ4n) is 5.82. The van der Waals surface area contributed by atoms with Crippen molar-refractivity contribution in [2.45, 2.75) is 84.3 Å². The molecular weight excluding hydrogens is 758 g/mol. The first kappa shape index (κ1) is 49.1. The number of hydrogen-bond donors (Lipinski definition) is 5. The molecule has 0 fully saturated rings. The number of methoxy groups -OCH3 is 1. The molecule has 0 radical (unpaired) electrons. The van der Waals surface area contributed by atoms with Crippen LogP contribution in [-0.4, -0.2) is 123 Å². The van der Waals surface area contributed by atoms with E-state index in [-0.39, 0.29) is 106 Å². The molecule has 6 amide bonds. The van der Waals surface area contributed by atoms with E-state index in [0.29, 0.717) is 44.5 Å². The van der Waals surface area contributed by atoms with E-state index in [1.807, 2.05) is 0 Å². The van der Waals surface area contributed by atoms with Crippen molar-refractivity contribution in [3.05, 3.63) is 35.9 Å². The summed E-state index contributed by atoms with van der Waals surface area (Å²) in [5, 5.41) is 17.8. The summed E-state index contributed by atoms with van der Waals surface area (Å²) < 4.78 is 21.3. The van der Waals surface area contributed by atoms with Gasteiger partial charge in [0.15, 0.2) is 11.6 Å². The fourth-order valence-corrected chi connectivity index (χ4v) is 5.82. The number of urea groups is 1. The van der Waals surface area contributed by atoms with Crippen molar-refractivity contribution in [1.82, 2.24) is 15.5 Å². The average Bonchev–Trinajstić information content (AvgIpc) is 3.51. The van der Waals surface area contributed by atoms with Crippen LogP contribution in [0, 0.1) is 11.8 Å². The molecule has 18 nitrogen and oxygen atoms in total. The molecule has 0 aromatic heterocycles. The van der Waals surface area contributed by atoms with E-state index in [1.165, 1.54) is 24.3 Å². The number of nitrogens with two attached hydrogens (primary N) is 1. The molecule has 18 heteroatoms. The summed E-state index contributed by atoms with van der Waals surface area (Å²) in [5.74, 6) is -3.52. The minimum atomic E-state index is -0.902. The highest BCUT2D eigenvalue weighted by Gasteiger charge is 2.30. The van der Waals surface area contributed by atoms with Crippen LogP contribution in [-0.2, 0) is 54.4 Å². The molecule has 2 atom stereocenters. The number of carbonyl (C=O) groups excluding carboxylic acids is 8. The fraction of sp³-hybridized carbons (Fsp3) is 0.600. The van der Waals surface area contributed by atoms with Crippen LogP contribution in [0.1, 0.15) is 77.2 Å². The Bertz CT molecular complexity index is 1560.